The Labute approximate surface area is 165 Å². The molecule has 8 nitrogen and oxygen atoms in total. The minimum Gasteiger partial charge on any atom is -0.486 e. The molecule has 0 aliphatic carbocycles. The molecular weight excluding hydrogens is 378 g/mol. The average molecular weight is 395 g/mol. The summed E-state index contributed by atoms with van der Waals surface area (Å²) in [5.74, 6) is 1.84. The van der Waals surface area contributed by atoms with Gasteiger partial charge in [0.1, 0.15) is 30.1 Å². The minimum atomic E-state index is -0.194. The Balaban J connectivity index is 1.55. The Kier molecular flexibility index (Phi) is 4.79. The van der Waals surface area contributed by atoms with E-state index in [0.717, 1.165) is 11.1 Å². The van der Waals surface area contributed by atoms with Crippen molar-refractivity contribution in [2.24, 2.45) is 7.05 Å². The van der Waals surface area contributed by atoms with E-state index in [1.807, 2.05) is 13.0 Å². The summed E-state index contributed by atoms with van der Waals surface area (Å²) in [6.07, 6.45) is 0. The van der Waals surface area contributed by atoms with Gasteiger partial charge in [0, 0.05) is 24.6 Å². The molecule has 0 fully saturated rings. The Morgan fingerprint density at radius 1 is 1.29 bits per heavy atom. The molecule has 28 heavy (non-hydrogen) atoms. The van der Waals surface area contributed by atoms with Crippen molar-refractivity contribution >= 4 is 34.4 Å². The molecule has 0 atom stereocenters. The molecule has 1 aliphatic rings. The Morgan fingerprint density at radius 3 is 2.71 bits per heavy atom. The van der Waals surface area contributed by atoms with Gasteiger partial charge in [-0.2, -0.15) is 10.4 Å². The van der Waals surface area contributed by atoms with Crippen LogP contribution in [0.25, 0.3) is 10.9 Å². The normalized spacial score (nSPS) is 12.6. The summed E-state index contributed by atoms with van der Waals surface area (Å²) in [7, 11) is 1.76. The number of fused-ring (bicyclic) bond motifs is 2. The molecule has 142 valence electrons. The largest absolute Gasteiger partial charge is 0.486 e. The Morgan fingerprint density at radius 2 is 2.04 bits per heavy atom. The molecule has 0 bridgehead atoms. The maximum absolute atomic E-state index is 12.3. The first-order chi connectivity index (χ1) is 13.5. The summed E-state index contributed by atoms with van der Waals surface area (Å²) in [6, 6.07) is 9.32. The fourth-order valence-corrected chi connectivity index (χ4v) is 3.69. The van der Waals surface area contributed by atoms with Crippen molar-refractivity contribution in [3.63, 3.8) is 0 Å². The van der Waals surface area contributed by atoms with Gasteiger partial charge in [-0.3, -0.25) is 9.48 Å². The second kappa shape index (κ2) is 7.40. The lowest BCUT2D eigenvalue weighted by atomic mass is 10.1. The predicted octanol–water partition coefficient (Wildman–Crippen LogP) is 2.65. The minimum absolute atomic E-state index is 0.127. The summed E-state index contributed by atoms with van der Waals surface area (Å²) in [4.78, 5) is 16.8. The van der Waals surface area contributed by atoms with Crippen molar-refractivity contribution in [1.82, 2.24) is 14.8 Å². The molecule has 9 heteroatoms. The number of ether oxygens (including phenoxy) is 2. The third-order valence-corrected chi connectivity index (χ3v) is 5.16. The molecule has 1 amide bonds. The zero-order chi connectivity index (χ0) is 19.7. The van der Waals surface area contributed by atoms with Gasteiger partial charge in [-0.15, -0.1) is 0 Å². The van der Waals surface area contributed by atoms with Gasteiger partial charge >= 0.3 is 0 Å². The molecule has 1 aromatic carbocycles. The van der Waals surface area contributed by atoms with Crippen LogP contribution in [0, 0.1) is 18.3 Å². The number of amides is 1. The van der Waals surface area contributed by atoms with Crippen LogP contribution in [0.4, 0.5) is 5.82 Å². The highest BCUT2D eigenvalue weighted by Gasteiger charge is 2.16. The summed E-state index contributed by atoms with van der Waals surface area (Å²) in [5, 5.41) is 17.8. The van der Waals surface area contributed by atoms with Gasteiger partial charge in [0.25, 0.3) is 0 Å². The molecule has 3 aromatic rings. The van der Waals surface area contributed by atoms with E-state index in [-0.39, 0.29) is 11.7 Å². The third kappa shape index (κ3) is 3.59. The molecule has 0 saturated carbocycles. The number of anilines is 1. The number of aryl methyl sites for hydroxylation is 2. The highest BCUT2D eigenvalue weighted by atomic mass is 32.2. The van der Waals surface area contributed by atoms with Crippen molar-refractivity contribution in [3.8, 4) is 17.6 Å². The molecule has 0 spiro atoms. The van der Waals surface area contributed by atoms with Crippen LogP contribution >= 0.6 is 11.8 Å². The zero-order valence-corrected chi connectivity index (χ0v) is 16.2. The Hall–Kier alpha value is -3.25. The first-order valence-electron chi connectivity index (χ1n) is 8.61. The van der Waals surface area contributed by atoms with Gasteiger partial charge in [-0.1, -0.05) is 11.8 Å². The van der Waals surface area contributed by atoms with Crippen LogP contribution < -0.4 is 14.8 Å². The molecule has 0 radical (unpaired) electrons. The topological polar surface area (TPSA) is 102 Å². The number of hydrogen-bond acceptors (Lipinski definition) is 7. The summed E-state index contributed by atoms with van der Waals surface area (Å²) >= 11 is 1.22. The van der Waals surface area contributed by atoms with Crippen LogP contribution in [0.3, 0.4) is 0 Å². The van der Waals surface area contributed by atoms with Gasteiger partial charge in [-0.25, -0.2) is 4.98 Å². The van der Waals surface area contributed by atoms with Gasteiger partial charge in [-0.05, 0) is 19.1 Å². The van der Waals surface area contributed by atoms with Crippen LogP contribution in [-0.2, 0) is 11.8 Å². The lowest BCUT2D eigenvalue weighted by molar-refractivity contribution is -0.113. The van der Waals surface area contributed by atoms with Crippen molar-refractivity contribution in [3.05, 3.63) is 35.5 Å². The number of carbonyl (C=O) groups excluding carboxylic acids is 1. The van der Waals surface area contributed by atoms with E-state index in [2.05, 4.69) is 21.5 Å². The molecule has 0 unspecified atom stereocenters. The highest BCUT2D eigenvalue weighted by Crippen LogP contribution is 2.35. The van der Waals surface area contributed by atoms with E-state index in [1.165, 1.54) is 11.8 Å². The van der Waals surface area contributed by atoms with E-state index in [1.54, 1.807) is 29.9 Å². The molecule has 2 aromatic heterocycles. The van der Waals surface area contributed by atoms with Gasteiger partial charge < -0.3 is 14.8 Å². The van der Waals surface area contributed by atoms with Crippen molar-refractivity contribution in [2.75, 3.05) is 24.3 Å². The zero-order valence-electron chi connectivity index (χ0n) is 15.4. The summed E-state index contributed by atoms with van der Waals surface area (Å²) < 4.78 is 12.8. The highest BCUT2D eigenvalue weighted by molar-refractivity contribution is 8.00. The number of nitrogens with one attached hydrogen (secondary N) is 1. The first-order valence-corrected chi connectivity index (χ1v) is 9.60. The van der Waals surface area contributed by atoms with Crippen molar-refractivity contribution in [2.45, 2.75) is 11.9 Å². The SMILES string of the molecule is Cc1cc(NC(=O)CSc2nc3cc4c(cc3cc2C#N)OCCO4)n(C)n1. The molecule has 3 heterocycles. The molecule has 1 N–H and O–H groups in total. The molecule has 0 saturated heterocycles. The van der Waals surface area contributed by atoms with Gasteiger partial charge in [0.05, 0.1) is 22.5 Å². The van der Waals surface area contributed by atoms with Gasteiger partial charge in [0.15, 0.2) is 11.5 Å². The number of aromatic nitrogens is 3. The fraction of sp³-hybridized carbons (Fsp3) is 0.263. The number of hydrogen-bond donors (Lipinski definition) is 1. The van der Waals surface area contributed by atoms with E-state index < -0.39 is 0 Å². The molecular formula is C19H17N5O3S. The molecule has 1 aliphatic heterocycles. The maximum atomic E-state index is 12.3. The number of rotatable bonds is 4. The lowest BCUT2D eigenvalue weighted by Crippen LogP contribution is -2.16. The third-order valence-electron chi connectivity index (χ3n) is 4.17. The summed E-state index contributed by atoms with van der Waals surface area (Å²) in [6.45, 7) is 2.84. The maximum Gasteiger partial charge on any atom is 0.235 e. The quantitative estimate of drug-likeness (QED) is 0.678. The van der Waals surface area contributed by atoms with Crippen molar-refractivity contribution < 1.29 is 14.3 Å². The average Bonchev–Trinajstić information content (AvgIpc) is 3.00. The summed E-state index contributed by atoms with van der Waals surface area (Å²) in [5.41, 5.74) is 1.93. The number of thioether (sulfide) groups is 1. The standard InChI is InChI=1S/C19H17N5O3S/c1-11-5-17(24(2)23-11)22-18(25)10-28-19-13(9-20)6-12-7-15-16(8-14(12)21-19)27-4-3-26-15/h5-8H,3-4,10H2,1-2H3,(H,22,25). The lowest BCUT2D eigenvalue weighted by Gasteiger charge is -2.18. The number of nitriles is 1. The monoisotopic (exact) mass is 395 g/mol. The fourth-order valence-electron chi connectivity index (χ4n) is 2.92. The van der Waals surface area contributed by atoms with Crippen LogP contribution in [0.15, 0.2) is 29.3 Å². The van der Waals surface area contributed by atoms with E-state index in [9.17, 15) is 10.1 Å². The Bertz CT molecular complexity index is 1120. The number of pyridine rings is 1. The number of nitrogens with zero attached hydrogens (tertiary/aromatic N) is 4. The van der Waals surface area contributed by atoms with E-state index in [4.69, 9.17) is 9.47 Å². The smallest absolute Gasteiger partial charge is 0.235 e. The van der Waals surface area contributed by atoms with Gasteiger partial charge in [0.2, 0.25) is 5.91 Å². The van der Waals surface area contributed by atoms with Crippen LogP contribution in [0.5, 0.6) is 11.5 Å². The predicted molar refractivity (Wildman–Crippen MR) is 105 cm³/mol. The van der Waals surface area contributed by atoms with Crippen LogP contribution in [0.1, 0.15) is 11.3 Å². The number of benzene rings is 1. The molecule has 4 rings (SSSR count). The van der Waals surface area contributed by atoms with E-state index in [0.29, 0.717) is 46.6 Å². The van der Waals surface area contributed by atoms with Crippen LogP contribution in [-0.4, -0.2) is 39.6 Å². The van der Waals surface area contributed by atoms with E-state index >= 15 is 0 Å². The second-order valence-electron chi connectivity index (χ2n) is 6.27. The van der Waals surface area contributed by atoms with Crippen LogP contribution in [0.2, 0.25) is 0 Å². The first kappa shape index (κ1) is 18.1. The second-order valence-corrected chi connectivity index (χ2v) is 7.24. The van der Waals surface area contributed by atoms with Crippen molar-refractivity contribution in [1.29, 1.82) is 5.26 Å². The number of carbonyl (C=O) groups is 1.